The van der Waals surface area contributed by atoms with Crippen molar-refractivity contribution in [1.29, 1.82) is 0 Å². The van der Waals surface area contributed by atoms with Crippen molar-refractivity contribution in [3.8, 4) is 0 Å². The van der Waals surface area contributed by atoms with Gasteiger partial charge in [0.1, 0.15) is 6.04 Å². The molecule has 17 heavy (non-hydrogen) atoms. The Hall–Kier alpha value is -0.650. The largest absolute Gasteiger partial charge is 0.465 e. The second-order valence-electron chi connectivity index (χ2n) is 4.44. The summed E-state index contributed by atoms with van der Waals surface area (Å²) in [5.74, 6) is -0.250. The van der Waals surface area contributed by atoms with Crippen LogP contribution in [0, 0.1) is 0 Å². The van der Waals surface area contributed by atoms with Gasteiger partial charge in [-0.1, -0.05) is 13.8 Å². The molecule has 0 aromatic rings. The van der Waals surface area contributed by atoms with Gasteiger partial charge >= 0.3 is 5.97 Å². The minimum Gasteiger partial charge on any atom is -0.465 e. The minimum atomic E-state index is -0.393. The van der Waals surface area contributed by atoms with E-state index in [0.29, 0.717) is 19.8 Å². The van der Waals surface area contributed by atoms with E-state index in [1.165, 1.54) is 0 Å². The summed E-state index contributed by atoms with van der Waals surface area (Å²) in [6, 6.07) is -0.177. The summed E-state index contributed by atoms with van der Waals surface area (Å²) in [6.45, 7) is 7.88. The SMILES string of the molecule is CCOC(=O)C(COC1CCOC1)NC(C)C. The number of nitrogens with one attached hydrogen (secondary N) is 1. The maximum atomic E-state index is 11.7. The summed E-state index contributed by atoms with van der Waals surface area (Å²) >= 11 is 0. The molecule has 2 unspecified atom stereocenters. The normalized spacial score (nSPS) is 21.8. The maximum absolute atomic E-state index is 11.7. The first-order valence-corrected chi connectivity index (χ1v) is 6.25. The molecule has 0 aromatic heterocycles. The number of hydrogen-bond donors (Lipinski definition) is 1. The zero-order valence-electron chi connectivity index (χ0n) is 10.9. The lowest BCUT2D eigenvalue weighted by atomic mass is 10.2. The molecule has 0 bridgehead atoms. The van der Waals surface area contributed by atoms with E-state index in [4.69, 9.17) is 14.2 Å². The Morgan fingerprint density at radius 1 is 1.53 bits per heavy atom. The van der Waals surface area contributed by atoms with E-state index in [9.17, 15) is 4.79 Å². The highest BCUT2D eigenvalue weighted by molar-refractivity contribution is 5.75. The fraction of sp³-hybridized carbons (Fsp3) is 0.917. The number of hydrogen-bond acceptors (Lipinski definition) is 5. The lowest BCUT2D eigenvalue weighted by Crippen LogP contribution is -2.45. The van der Waals surface area contributed by atoms with Gasteiger partial charge in [0, 0.05) is 12.6 Å². The van der Waals surface area contributed by atoms with Crippen molar-refractivity contribution >= 4 is 5.97 Å². The average Bonchev–Trinajstić information content (AvgIpc) is 2.76. The van der Waals surface area contributed by atoms with Gasteiger partial charge in [0.15, 0.2) is 0 Å². The molecule has 1 aliphatic rings. The van der Waals surface area contributed by atoms with Crippen molar-refractivity contribution < 1.29 is 19.0 Å². The number of rotatable bonds is 7. The molecule has 0 aromatic carbocycles. The van der Waals surface area contributed by atoms with Crippen LogP contribution in [-0.4, -0.2) is 50.6 Å². The molecule has 5 nitrogen and oxygen atoms in total. The highest BCUT2D eigenvalue weighted by atomic mass is 16.6. The summed E-state index contributed by atoms with van der Waals surface area (Å²) in [6.07, 6.45) is 1.01. The van der Waals surface area contributed by atoms with Crippen LogP contribution in [0.15, 0.2) is 0 Å². The van der Waals surface area contributed by atoms with Crippen molar-refractivity contribution in [2.24, 2.45) is 0 Å². The first-order chi connectivity index (χ1) is 8.13. The van der Waals surface area contributed by atoms with Gasteiger partial charge in [-0.2, -0.15) is 0 Å². The third kappa shape index (κ3) is 5.48. The fourth-order valence-corrected chi connectivity index (χ4v) is 1.71. The van der Waals surface area contributed by atoms with Crippen molar-refractivity contribution in [3.63, 3.8) is 0 Å². The topological polar surface area (TPSA) is 56.8 Å². The van der Waals surface area contributed by atoms with E-state index >= 15 is 0 Å². The number of carbonyl (C=O) groups is 1. The Bertz CT molecular complexity index is 227. The van der Waals surface area contributed by atoms with Crippen LogP contribution in [0.3, 0.4) is 0 Å². The summed E-state index contributed by atoms with van der Waals surface area (Å²) in [5, 5.41) is 3.15. The Kier molecular flexibility index (Phi) is 6.47. The zero-order chi connectivity index (χ0) is 12.7. The van der Waals surface area contributed by atoms with E-state index in [1.807, 2.05) is 13.8 Å². The van der Waals surface area contributed by atoms with Gasteiger partial charge < -0.3 is 19.5 Å². The summed E-state index contributed by atoms with van der Waals surface area (Å²) in [5.41, 5.74) is 0. The number of ether oxygens (including phenoxy) is 3. The van der Waals surface area contributed by atoms with Gasteiger partial charge in [-0.15, -0.1) is 0 Å². The smallest absolute Gasteiger partial charge is 0.325 e. The third-order valence-corrected chi connectivity index (χ3v) is 2.49. The lowest BCUT2D eigenvalue weighted by molar-refractivity contribution is -0.148. The first-order valence-electron chi connectivity index (χ1n) is 6.25. The van der Waals surface area contributed by atoms with E-state index < -0.39 is 6.04 Å². The van der Waals surface area contributed by atoms with Gasteiger partial charge in [0.2, 0.25) is 0 Å². The van der Waals surface area contributed by atoms with Gasteiger partial charge in [-0.3, -0.25) is 4.79 Å². The monoisotopic (exact) mass is 245 g/mol. The Balaban J connectivity index is 2.35. The van der Waals surface area contributed by atoms with Crippen LogP contribution in [0.2, 0.25) is 0 Å². The van der Waals surface area contributed by atoms with Crippen LogP contribution in [-0.2, 0) is 19.0 Å². The van der Waals surface area contributed by atoms with Gasteiger partial charge in [-0.05, 0) is 13.3 Å². The summed E-state index contributed by atoms with van der Waals surface area (Å²) < 4.78 is 15.9. The van der Waals surface area contributed by atoms with Gasteiger partial charge in [-0.25, -0.2) is 0 Å². The summed E-state index contributed by atoms with van der Waals surface area (Å²) in [4.78, 5) is 11.7. The second-order valence-corrected chi connectivity index (χ2v) is 4.44. The fourth-order valence-electron chi connectivity index (χ4n) is 1.71. The molecular weight excluding hydrogens is 222 g/mol. The molecule has 0 radical (unpaired) electrons. The predicted molar refractivity (Wildman–Crippen MR) is 63.9 cm³/mol. The molecular formula is C12H23NO4. The maximum Gasteiger partial charge on any atom is 0.325 e. The molecule has 1 saturated heterocycles. The molecule has 1 heterocycles. The molecule has 5 heteroatoms. The van der Waals surface area contributed by atoms with Crippen LogP contribution in [0.4, 0.5) is 0 Å². The molecule has 1 rings (SSSR count). The Labute approximate surface area is 103 Å². The molecule has 0 aliphatic carbocycles. The minimum absolute atomic E-state index is 0.112. The number of esters is 1. The van der Waals surface area contributed by atoms with Crippen molar-refractivity contribution in [2.45, 2.75) is 45.4 Å². The van der Waals surface area contributed by atoms with Crippen molar-refractivity contribution in [1.82, 2.24) is 5.32 Å². The third-order valence-electron chi connectivity index (χ3n) is 2.49. The van der Waals surface area contributed by atoms with E-state index in [-0.39, 0.29) is 18.1 Å². The van der Waals surface area contributed by atoms with Crippen molar-refractivity contribution in [3.05, 3.63) is 0 Å². The first kappa shape index (κ1) is 14.4. The molecule has 1 aliphatic heterocycles. The molecule has 0 saturated carbocycles. The quantitative estimate of drug-likeness (QED) is 0.670. The average molecular weight is 245 g/mol. The van der Waals surface area contributed by atoms with Crippen LogP contribution < -0.4 is 5.32 Å². The highest BCUT2D eigenvalue weighted by Gasteiger charge is 2.24. The molecule has 1 N–H and O–H groups in total. The van der Waals surface area contributed by atoms with Gasteiger partial charge in [0.05, 0.1) is 25.9 Å². The predicted octanol–water partition coefficient (Wildman–Crippen LogP) is 0.722. The molecule has 100 valence electrons. The second kappa shape index (κ2) is 7.63. The van der Waals surface area contributed by atoms with Crippen LogP contribution >= 0.6 is 0 Å². The molecule has 0 amide bonds. The van der Waals surface area contributed by atoms with E-state index in [2.05, 4.69) is 5.32 Å². The summed E-state index contributed by atoms with van der Waals surface area (Å²) in [7, 11) is 0. The van der Waals surface area contributed by atoms with Crippen LogP contribution in [0.1, 0.15) is 27.2 Å². The van der Waals surface area contributed by atoms with Crippen LogP contribution in [0.5, 0.6) is 0 Å². The molecule has 1 fully saturated rings. The molecule has 0 spiro atoms. The Morgan fingerprint density at radius 3 is 2.82 bits per heavy atom. The molecule has 2 atom stereocenters. The highest BCUT2D eigenvalue weighted by Crippen LogP contribution is 2.08. The lowest BCUT2D eigenvalue weighted by Gasteiger charge is -2.21. The Morgan fingerprint density at radius 2 is 2.29 bits per heavy atom. The van der Waals surface area contributed by atoms with E-state index in [0.717, 1.165) is 13.0 Å². The van der Waals surface area contributed by atoms with Gasteiger partial charge in [0.25, 0.3) is 0 Å². The van der Waals surface area contributed by atoms with Crippen molar-refractivity contribution in [2.75, 3.05) is 26.4 Å². The van der Waals surface area contributed by atoms with Crippen LogP contribution in [0.25, 0.3) is 0 Å². The number of carbonyl (C=O) groups excluding carboxylic acids is 1. The van der Waals surface area contributed by atoms with E-state index in [1.54, 1.807) is 6.92 Å². The standard InChI is InChI=1S/C12H23NO4/c1-4-16-12(14)11(13-9(2)3)8-17-10-5-6-15-7-10/h9-11,13H,4-8H2,1-3H3. The zero-order valence-corrected chi connectivity index (χ0v) is 10.9.